The molecule has 25 heavy (non-hydrogen) atoms. The maximum absolute atomic E-state index is 12.6. The second-order valence-electron chi connectivity index (χ2n) is 5.95. The first-order valence-corrected chi connectivity index (χ1v) is 9.83. The molecule has 134 valence electrons. The van der Waals surface area contributed by atoms with Gasteiger partial charge in [-0.1, -0.05) is 23.7 Å². The molecule has 0 aliphatic carbocycles. The van der Waals surface area contributed by atoms with Crippen LogP contribution in [0.5, 0.6) is 0 Å². The van der Waals surface area contributed by atoms with E-state index in [4.69, 9.17) is 16.0 Å². The lowest BCUT2D eigenvalue weighted by Gasteiger charge is -2.14. The van der Waals surface area contributed by atoms with Gasteiger partial charge in [0.1, 0.15) is 10.7 Å². The second-order valence-corrected chi connectivity index (χ2v) is 8.29. The number of nitrogens with one attached hydrogen (secondary N) is 1. The standard InChI is InChI=1S/C17H19ClN2O4S/c1-12-16(25(22,23)20-8-2-3-9-20)10-15(24-12)17(21)19-11-13-4-6-14(18)7-5-13/h4-7,10H,2-3,8-9,11H2,1H3,(H,19,21). The number of carbonyl (C=O) groups excluding carboxylic acids is 1. The summed E-state index contributed by atoms with van der Waals surface area (Å²) in [7, 11) is -3.61. The number of aryl methyl sites for hydroxylation is 1. The van der Waals surface area contributed by atoms with Crippen LogP contribution in [0.1, 0.15) is 34.7 Å². The lowest BCUT2D eigenvalue weighted by atomic mass is 10.2. The van der Waals surface area contributed by atoms with Crippen LogP contribution in [0.25, 0.3) is 0 Å². The van der Waals surface area contributed by atoms with Gasteiger partial charge in [0.2, 0.25) is 10.0 Å². The van der Waals surface area contributed by atoms with Gasteiger partial charge in [0.25, 0.3) is 5.91 Å². The van der Waals surface area contributed by atoms with Crippen LogP contribution in [0.4, 0.5) is 0 Å². The number of furan rings is 1. The Morgan fingerprint density at radius 1 is 1.24 bits per heavy atom. The predicted molar refractivity (Wildman–Crippen MR) is 94.1 cm³/mol. The number of hydrogen-bond donors (Lipinski definition) is 1. The topological polar surface area (TPSA) is 79.6 Å². The van der Waals surface area contributed by atoms with Crippen LogP contribution in [0, 0.1) is 6.92 Å². The number of sulfonamides is 1. The van der Waals surface area contributed by atoms with Crippen LogP contribution < -0.4 is 5.32 Å². The number of amides is 1. The van der Waals surface area contributed by atoms with E-state index in [1.807, 2.05) is 0 Å². The number of hydrogen-bond acceptors (Lipinski definition) is 4. The van der Waals surface area contributed by atoms with Crippen molar-refractivity contribution in [2.75, 3.05) is 13.1 Å². The van der Waals surface area contributed by atoms with E-state index >= 15 is 0 Å². The first kappa shape index (κ1) is 18.0. The summed E-state index contributed by atoms with van der Waals surface area (Å²) in [5.74, 6) is -0.242. The average molecular weight is 383 g/mol. The summed E-state index contributed by atoms with van der Waals surface area (Å²) < 4.78 is 32.1. The first-order valence-electron chi connectivity index (χ1n) is 8.01. The van der Waals surface area contributed by atoms with Gasteiger partial charge in [0, 0.05) is 30.7 Å². The molecule has 1 aromatic heterocycles. The molecule has 1 fully saturated rings. The zero-order chi connectivity index (χ0) is 18.0. The summed E-state index contributed by atoms with van der Waals surface area (Å²) in [6.07, 6.45) is 1.70. The molecule has 0 unspecified atom stereocenters. The predicted octanol–water partition coefficient (Wildman–Crippen LogP) is 2.96. The molecule has 6 nitrogen and oxygen atoms in total. The van der Waals surface area contributed by atoms with Crippen molar-refractivity contribution in [1.29, 1.82) is 0 Å². The van der Waals surface area contributed by atoms with E-state index in [2.05, 4.69) is 5.32 Å². The lowest BCUT2D eigenvalue weighted by Crippen LogP contribution is -2.28. The third kappa shape index (κ3) is 3.89. The number of benzene rings is 1. The Hall–Kier alpha value is -1.83. The van der Waals surface area contributed by atoms with E-state index in [0.717, 1.165) is 18.4 Å². The van der Waals surface area contributed by atoms with Crippen molar-refractivity contribution in [2.45, 2.75) is 31.2 Å². The van der Waals surface area contributed by atoms with Gasteiger partial charge < -0.3 is 9.73 Å². The molecule has 0 bridgehead atoms. The van der Waals surface area contributed by atoms with Crippen molar-refractivity contribution in [1.82, 2.24) is 9.62 Å². The van der Waals surface area contributed by atoms with Gasteiger partial charge in [-0.15, -0.1) is 0 Å². The average Bonchev–Trinajstić information content (AvgIpc) is 3.24. The van der Waals surface area contributed by atoms with Gasteiger partial charge in [0.15, 0.2) is 5.76 Å². The van der Waals surface area contributed by atoms with E-state index in [9.17, 15) is 13.2 Å². The normalized spacial score (nSPS) is 15.4. The monoisotopic (exact) mass is 382 g/mol. The molecule has 0 atom stereocenters. The van der Waals surface area contributed by atoms with Crippen LogP contribution in [-0.4, -0.2) is 31.7 Å². The van der Waals surface area contributed by atoms with Gasteiger partial charge in [-0.2, -0.15) is 4.31 Å². The van der Waals surface area contributed by atoms with Crippen molar-refractivity contribution < 1.29 is 17.6 Å². The quantitative estimate of drug-likeness (QED) is 0.862. The third-order valence-corrected chi connectivity index (χ3v) is 6.40. The molecular weight excluding hydrogens is 364 g/mol. The van der Waals surface area contributed by atoms with Crippen LogP contribution in [0.2, 0.25) is 5.02 Å². The highest BCUT2D eigenvalue weighted by molar-refractivity contribution is 7.89. The highest BCUT2D eigenvalue weighted by Gasteiger charge is 2.31. The number of carbonyl (C=O) groups is 1. The number of rotatable bonds is 5. The Morgan fingerprint density at radius 2 is 1.88 bits per heavy atom. The van der Waals surface area contributed by atoms with Gasteiger partial charge in [-0.05, 0) is 37.5 Å². The number of halogens is 1. The molecule has 2 aromatic rings. The molecule has 0 radical (unpaired) electrons. The fraction of sp³-hybridized carbons (Fsp3) is 0.353. The molecule has 1 aliphatic rings. The summed E-state index contributed by atoms with van der Waals surface area (Å²) in [5, 5.41) is 3.33. The largest absolute Gasteiger partial charge is 0.455 e. The summed E-state index contributed by atoms with van der Waals surface area (Å²) in [6.45, 7) is 2.86. The molecule has 1 N–H and O–H groups in total. The molecule has 8 heteroatoms. The second kappa shape index (κ2) is 7.19. The van der Waals surface area contributed by atoms with Gasteiger partial charge >= 0.3 is 0 Å². The molecule has 1 aromatic carbocycles. The van der Waals surface area contributed by atoms with E-state index in [0.29, 0.717) is 24.7 Å². The zero-order valence-corrected chi connectivity index (χ0v) is 15.4. The van der Waals surface area contributed by atoms with Crippen molar-refractivity contribution >= 4 is 27.5 Å². The minimum absolute atomic E-state index is 0.00997. The van der Waals surface area contributed by atoms with Crippen molar-refractivity contribution in [3.05, 3.63) is 52.4 Å². The fourth-order valence-electron chi connectivity index (χ4n) is 2.77. The Kier molecular flexibility index (Phi) is 5.17. The Morgan fingerprint density at radius 3 is 2.52 bits per heavy atom. The van der Waals surface area contributed by atoms with E-state index in [1.54, 1.807) is 31.2 Å². The number of nitrogens with zero attached hydrogens (tertiary/aromatic N) is 1. The van der Waals surface area contributed by atoms with Crippen LogP contribution >= 0.6 is 11.6 Å². The van der Waals surface area contributed by atoms with Crippen LogP contribution in [0.15, 0.2) is 39.6 Å². The fourth-order valence-corrected chi connectivity index (χ4v) is 4.58. The summed E-state index contributed by atoms with van der Waals surface area (Å²) >= 11 is 5.82. The zero-order valence-electron chi connectivity index (χ0n) is 13.8. The van der Waals surface area contributed by atoms with Gasteiger partial charge in [-0.25, -0.2) is 8.42 Å². The molecule has 2 heterocycles. The molecule has 1 saturated heterocycles. The Bertz CT molecular complexity index is 869. The lowest BCUT2D eigenvalue weighted by molar-refractivity contribution is 0.0922. The summed E-state index contributed by atoms with van der Waals surface area (Å²) in [6, 6.07) is 8.39. The van der Waals surface area contributed by atoms with E-state index < -0.39 is 15.9 Å². The first-order chi connectivity index (χ1) is 11.9. The van der Waals surface area contributed by atoms with E-state index in [1.165, 1.54) is 10.4 Å². The Labute approximate surface area is 151 Å². The maximum Gasteiger partial charge on any atom is 0.287 e. The molecule has 1 aliphatic heterocycles. The molecule has 3 rings (SSSR count). The van der Waals surface area contributed by atoms with Crippen LogP contribution in [0.3, 0.4) is 0 Å². The van der Waals surface area contributed by atoms with Crippen molar-refractivity contribution in [3.63, 3.8) is 0 Å². The highest BCUT2D eigenvalue weighted by atomic mass is 35.5. The molecule has 0 spiro atoms. The molecule has 1 amide bonds. The van der Waals surface area contributed by atoms with Crippen molar-refractivity contribution in [2.24, 2.45) is 0 Å². The summed E-state index contributed by atoms with van der Waals surface area (Å²) in [4.78, 5) is 12.3. The third-order valence-electron chi connectivity index (χ3n) is 4.15. The summed E-state index contributed by atoms with van der Waals surface area (Å²) in [5.41, 5.74) is 0.880. The van der Waals surface area contributed by atoms with Gasteiger partial charge in [-0.3, -0.25) is 4.79 Å². The highest BCUT2D eigenvalue weighted by Crippen LogP contribution is 2.26. The smallest absolute Gasteiger partial charge is 0.287 e. The molecular formula is C17H19ClN2O4S. The van der Waals surface area contributed by atoms with E-state index in [-0.39, 0.29) is 16.4 Å². The Balaban J connectivity index is 1.72. The maximum atomic E-state index is 12.6. The van der Waals surface area contributed by atoms with Gasteiger partial charge in [0.05, 0.1) is 0 Å². The minimum atomic E-state index is -3.61. The minimum Gasteiger partial charge on any atom is -0.455 e. The SMILES string of the molecule is Cc1oc(C(=O)NCc2ccc(Cl)cc2)cc1S(=O)(=O)N1CCCC1. The molecule has 0 saturated carbocycles. The van der Waals surface area contributed by atoms with Crippen molar-refractivity contribution in [3.8, 4) is 0 Å². The van der Waals surface area contributed by atoms with Crippen LogP contribution in [-0.2, 0) is 16.6 Å².